The second kappa shape index (κ2) is 11.4. The van der Waals surface area contributed by atoms with Gasteiger partial charge in [-0.25, -0.2) is 0 Å². The molecule has 9 heteroatoms. The van der Waals surface area contributed by atoms with Crippen LogP contribution in [0.15, 0.2) is 72.3 Å². The summed E-state index contributed by atoms with van der Waals surface area (Å²) in [6.45, 7) is 2.15. The zero-order valence-electron chi connectivity index (χ0n) is 21.1. The first-order valence-electron chi connectivity index (χ1n) is 11.8. The predicted octanol–water partition coefficient (Wildman–Crippen LogP) is 5.09. The zero-order chi connectivity index (χ0) is 27.4. The number of rotatable bonds is 8. The highest BCUT2D eigenvalue weighted by Crippen LogP contribution is 2.43. The molecule has 1 fully saturated rings. The molecule has 0 spiro atoms. The van der Waals surface area contributed by atoms with Crippen molar-refractivity contribution in [3.05, 3.63) is 94.0 Å². The van der Waals surface area contributed by atoms with Crippen LogP contribution in [0.25, 0.3) is 5.76 Å². The minimum absolute atomic E-state index is 0.0631. The summed E-state index contributed by atoms with van der Waals surface area (Å²) in [5, 5.41) is 11.7. The van der Waals surface area contributed by atoms with Gasteiger partial charge in [0, 0.05) is 11.3 Å². The average molecular weight is 536 g/mol. The van der Waals surface area contributed by atoms with E-state index in [1.54, 1.807) is 67.6 Å². The number of amides is 1. The van der Waals surface area contributed by atoms with Crippen molar-refractivity contribution in [3.8, 4) is 11.5 Å². The number of aliphatic hydroxyl groups excluding tert-OH is 1. The minimum Gasteiger partial charge on any atom is -0.507 e. The average Bonchev–Trinajstić information content (AvgIpc) is 3.20. The molecule has 3 aromatic carbocycles. The van der Waals surface area contributed by atoms with Gasteiger partial charge in [-0.15, -0.1) is 0 Å². The molecule has 1 N–H and O–H groups in total. The Morgan fingerprint density at radius 2 is 1.76 bits per heavy atom. The van der Waals surface area contributed by atoms with Crippen molar-refractivity contribution in [3.63, 3.8) is 0 Å². The van der Waals surface area contributed by atoms with Crippen LogP contribution in [0, 0.1) is 0 Å². The van der Waals surface area contributed by atoms with Gasteiger partial charge in [-0.3, -0.25) is 19.3 Å². The van der Waals surface area contributed by atoms with E-state index >= 15 is 0 Å². The topological polar surface area (TPSA) is 102 Å². The molecule has 0 aromatic heterocycles. The maximum absolute atomic E-state index is 13.4. The maximum atomic E-state index is 13.4. The van der Waals surface area contributed by atoms with Crippen LogP contribution in [-0.2, 0) is 25.5 Å². The molecule has 1 amide bonds. The summed E-state index contributed by atoms with van der Waals surface area (Å²) >= 11 is 6.21. The molecule has 8 nitrogen and oxygen atoms in total. The molecule has 38 heavy (non-hydrogen) atoms. The number of methoxy groups -OCH3 is 2. The molecule has 196 valence electrons. The molecule has 1 aliphatic heterocycles. The van der Waals surface area contributed by atoms with Gasteiger partial charge in [-0.1, -0.05) is 35.9 Å². The number of ether oxygens (including phenoxy) is 3. The Balaban J connectivity index is 1.87. The predicted molar refractivity (Wildman–Crippen MR) is 143 cm³/mol. The van der Waals surface area contributed by atoms with E-state index in [2.05, 4.69) is 0 Å². The van der Waals surface area contributed by atoms with Crippen LogP contribution in [-0.4, -0.2) is 43.6 Å². The Morgan fingerprint density at radius 3 is 2.42 bits per heavy atom. The molecule has 1 aliphatic rings. The molecule has 0 saturated carbocycles. The monoisotopic (exact) mass is 535 g/mol. The summed E-state index contributed by atoms with van der Waals surface area (Å²) in [5.74, 6) is -1.55. The number of hydrogen-bond donors (Lipinski definition) is 1. The number of Topliss-reactive ketones (excluding diaryl/α,β-unsaturated/α-hetero) is 1. The standard InChI is InChI=1S/C29H26ClNO7/c1-4-38-23-16-19(10-13-22(23)30)27(33)25-26(18-6-5-7-21(15-18)36-2)31(29(35)28(25)34)20-11-8-17(9-12-20)14-24(32)37-3/h5-13,15-16,26,33H,4,14H2,1-3H3/b27-25-. The summed E-state index contributed by atoms with van der Waals surface area (Å²) in [6, 6.07) is 17.3. The highest BCUT2D eigenvalue weighted by Gasteiger charge is 2.47. The second-order valence-electron chi connectivity index (χ2n) is 8.44. The number of ketones is 1. The number of esters is 1. The van der Waals surface area contributed by atoms with Crippen molar-refractivity contribution in [1.82, 2.24) is 0 Å². The van der Waals surface area contributed by atoms with Crippen LogP contribution in [0.2, 0.25) is 5.02 Å². The highest BCUT2D eigenvalue weighted by atomic mass is 35.5. The van der Waals surface area contributed by atoms with Gasteiger partial charge in [0.15, 0.2) is 0 Å². The Labute approximate surface area is 225 Å². The summed E-state index contributed by atoms with van der Waals surface area (Å²) in [4.78, 5) is 39.8. The minimum atomic E-state index is -0.956. The maximum Gasteiger partial charge on any atom is 0.309 e. The summed E-state index contributed by atoms with van der Waals surface area (Å²) in [6.07, 6.45) is 0.0631. The van der Waals surface area contributed by atoms with Crippen LogP contribution in [0.5, 0.6) is 11.5 Å². The quantitative estimate of drug-likeness (QED) is 0.185. The number of hydrogen-bond acceptors (Lipinski definition) is 7. The lowest BCUT2D eigenvalue weighted by atomic mass is 9.95. The normalized spacial score (nSPS) is 16.4. The van der Waals surface area contributed by atoms with Gasteiger partial charge in [0.2, 0.25) is 0 Å². The number of anilines is 1. The molecular weight excluding hydrogens is 510 g/mol. The number of aliphatic hydroxyl groups is 1. The van der Waals surface area contributed by atoms with Crippen LogP contribution < -0.4 is 14.4 Å². The SMILES string of the molecule is CCOc1cc(/C(O)=C2/C(=O)C(=O)N(c3ccc(CC(=O)OC)cc3)C2c2cccc(OC)c2)ccc1Cl. The van der Waals surface area contributed by atoms with Gasteiger partial charge in [0.05, 0.1) is 43.9 Å². The van der Waals surface area contributed by atoms with Gasteiger partial charge in [0.1, 0.15) is 17.3 Å². The Morgan fingerprint density at radius 1 is 1.03 bits per heavy atom. The molecule has 0 radical (unpaired) electrons. The van der Waals surface area contributed by atoms with Gasteiger partial charge in [-0.05, 0) is 60.5 Å². The van der Waals surface area contributed by atoms with Gasteiger partial charge in [0.25, 0.3) is 11.7 Å². The first kappa shape index (κ1) is 26.8. The Kier molecular flexibility index (Phi) is 8.02. The van der Waals surface area contributed by atoms with Crippen LogP contribution >= 0.6 is 11.6 Å². The van der Waals surface area contributed by atoms with Crippen molar-refractivity contribution in [1.29, 1.82) is 0 Å². The summed E-state index contributed by atoms with van der Waals surface area (Å²) in [7, 11) is 2.82. The second-order valence-corrected chi connectivity index (χ2v) is 8.85. The highest BCUT2D eigenvalue weighted by molar-refractivity contribution is 6.51. The molecule has 1 saturated heterocycles. The van der Waals surface area contributed by atoms with Crippen molar-refractivity contribution >= 4 is 40.7 Å². The van der Waals surface area contributed by atoms with Gasteiger partial charge >= 0.3 is 5.97 Å². The lowest BCUT2D eigenvalue weighted by Crippen LogP contribution is -2.29. The fourth-order valence-corrected chi connectivity index (χ4v) is 4.48. The fourth-order valence-electron chi connectivity index (χ4n) is 4.31. The summed E-state index contributed by atoms with van der Waals surface area (Å²) in [5.41, 5.74) is 1.84. The number of benzene rings is 3. The van der Waals surface area contributed by atoms with E-state index in [1.807, 2.05) is 0 Å². The number of carbonyl (C=O) groups excluding carboxylic acids is 3. The molecule has 1 atom stereocenters. The van der Waals surface area contributed by atoms with Crippen LogP contribution in [0.1, 0.15) is 29.7 Å². The molecule has 1 unspecified atom stereocenters. The van der Waals surface area contributed by atoms with Crippen LogP contribution in [0.3, 0.4) is 0 Å². The van der Waals surface area contributed by atoms with Crippen LogP contribution in [0.4, 0.5) is 5.69 Å². The number of nitrogens with zero attached hydrogens (tertiary/aromatic N) is 1. The smallest absolute Gasteiger partial charge is 0.309 e. The molecule has 4 rings (SSSR count). The third kappa shape index (κ3) is 5.21. The lowest BCUT2D eigenvalue weighted by Gasteiger charge is -2.26. The van der Waals surface area contributed by atoms with E-state index in [-0.39, 0.29) is 23.3 Å². The zero-order valence-corrected chi connectivity index (χ0v) is 21.8. The van der Waals surface area contributed by atoms with E-state index in [9.17, 15) is 19.5 Å². The fraction of sp³-hybridized carbons (Fsp3) is 0.207. The van der Waals surface area contributed by atoms with Crippen molar-refractivity contribution < 1.29 is 33.7 Å². The van der Waals surface area contributed by atoms with E-state index in [4.69, 9.17) is 25.8 Å². The number of carbonyl (C=O) groups is 3. The Hall–Kier alpha value is -4.30. The molecular formula is C29H26ClNO7. The molecule has 3 aromatic rings. The van der Waals surface area contributed by atoms with Gasteiger partial charge in [-0.2, -0.15) is 0 Å². The molecule has 0 aliphatic carbocycles. The molecule has 0 bridgehead atoms. The Bertz CT molecular complexity index is 1410. The largest absolute Gasteiger partial charge is 0.507 e. The van der Waals surface area contributed by atoms with E-state index in [1.165, 1.54) is 25.2 Å². The third-order valence-electron chi connectivity index (χ3n) is 6.15. The van der Waals surface area contributed by atoms with Crippen molar-refractivity contribution in [2.75, 3.05) is 25.7 Å². The third-order valence-corrected chi connectivity index (χ3v) is 6.46. The van der Waals surface area contributed by atoms with E-state index in [0.29, 0.717) is 39.9 Å². The van der Waals surface area contributed by atoms with E-state index < -0.39 is 23.7 Å². The van der Waals surface area contributed by atoms with Crippen molar-refractivity contribution in [2.45, 2.75) is 19.4 Å². The van der Waals surface area contributed by atoms with Gasteiger partial charge < -0.3 is 19.3 Å². The lowest BCUT2D eigenvalue weighted by molar-refractivity contribution is -0.139. The summed E-state index contributed by atoms with van der Waals surface area (Å²) < 4.78 is 15.6. The molecule has 1 heterocycles. The van der Waals surface area contributed by atoms with Crippen molar-refractivity contribution in [2.24, 2.45) is 0 Å². The number of halogens is 1. The first-order valence-corrected chi connectivity index (χ1v) is 12.2. The first-order chi connectivity index (χ1) is 18.3. The van der Waals surface area contributed by atoms with E-state index in [0.717, 1.165) is 0 Å².